The van der Waals surface area contributed by atoms with Gasteiger partial charge in [-0.2, -0.15) is 4.98 Å². The number of hydrogen-bond acceptors (Lipinski definition) is 4. The molecule has 2 N–H and O–H groups in total. The van der Waals surface area contributed by atoms with Crippen molar-refractivity contribution in [2.45, 2.75) is 25.8 Å². The standard InChI is InChI=1S/C16H19ClN4O2/c1-2-18-14(22)19-11-6-16(7-11)8-21(9-16)15-20-12-5-10(17)3-4-13(12)23-15/h3-5,11H,2,6-9H2,1H3,(H2,18,19,22). The summed E-state index contributed by atoms with van der Waals surface area (Å²) in [6.45, 7) is 4.43. The van der Waals surface area contributed by atoms with Crippen molar-refractivity contribution < 1.29 is 9.21 Å². The van der Waals surface area contributed by atoms with Crippen molar-refractivity contribution in [3.8, 4) is 0 Å². The van der Waals surface area contributed by atoms with Gasteiger partial charge in [-0.3, -0.25) is 0 Å². The minimum atomic E-state index is -0.0700. The van der Waals surface area contributed by atoms with E-state index in [1.807, 2.05) is 19.1 Å². The number of fused-ring (bicyclic) bond motifs is 1. The summed E-state index contributed by atoms with van der Waals surface area (Å²) in [5.74, 6) is 0. The molecule has 4 rings (SSSR count). The Balaban J connectivity index is 1.34. The van der Waals surface area contributed by atoms with Gasteiger partial charge in [-0.1, -0.05) is 11.6 Å². The molecule has 2 heterocycles. The van der Waals surface area contributed by atoms with Gasteiger partial charge >= 0.3 is 6.03 Å². The summed E-state index contributed by atoms with van der Waals surface area (Å²) >= 11 is 5.98. The Morgan fingerprint density at radius 3 is 3.00 bits per heavy atom. The second kappa shape index (κ2) is 5.30. The highest BCUT2D eigenvalue weighted by molar-refractivity contribution is 6.31. The predicted octanol–water partition coefficient (Wildman–Crippen LogP) is 2.77. The van der Waals surface area contributed by atoms with Gasteiger partial charge in [0.2, 0.25) is 0 Å². The molecule has 0 bridgehead atoms. The number of amides is 2. The fraction of sp³-hybridized carbons (Fsp3) is 0.500. The summed E-state index contributed by atoms with van der Waals surface area (Å²) in [5, 5.41) is 6.43. The maximum Gasteiger partial charge on any atom is 0.314 e. The van der Waals surface area contributed by atoms with Crippen LogP contribution in [0.15, 0.2) is 22.6 Å². The molecule has 1 saturated heterocycles. The first-order valence-electron chi connectivity index (χ1n) is 7.92. The quantitative estimate of drug-likeness (QED) is 0.905. The second-order valence-electron chi connectivity index (χ2n) is 6.57. The Morgan fingerprint density at radius 1 is 1.48 bits per heavy atom. The van der Waals surface area contributed by atoms with Crippen molar-refractivity contribution in [1.82, 2.24) is 15.6 Å². The molecule has 6 nitrogen and oxygen atoms in total. The van der Waals surface area contributed by atoms with Gasteiger partial charge in [0.15, 0.2) is 5.58 Å². The lowest BCUT2D eigenvalue weighted by Crippen LogP contribution is -2.67. The van der Waals surface area contributed by atoms with E-state index in [0.29, 0.717) is 23.0 Å². The topological polar surface area (TPSA) is 70.4 Å². The number of rotatable bonds is 3. The number of nitrogens with zero attached hydrogens (tertiary/aromatic N) is 2. The van der Waals surface area contributed by atoms with Gasteiger partial charge in [-0.25, -0.2) is 4.79 Å². The Kier molecular flexibility index (Phi) is 3.37. The summed E-state index contributed by atoms with van der Waals surface area (Å²) in [6, 6.07) is 6.34. The Labute approximate surface area is 139 Å². The SMILES string of the molecule is CCNC(=O)NC1CC2(C1)CN(c1nc3cc(Cl)ccc3o1)C2. The third-order valence-corrected chi connectivity index (χ3v) is 4.93. The van der Waals surface area contributed by atoms with Gasteiger partial charge in [0.05, 0.1) is 0 Å². The van der Waals surface area contributed by atoms with Gasteiger partial charge in [0.25, 0.3) is 6.01 Å². The molecule has 7 heteroatoms. The van der Waals surface area contributed by atoms with E-state index in [4.69, 9.17) is 16.0 Å². The van der Waals surface area contributed by atoms with Crippen LogP contribution in [-0.2, 0) is 0 Å². The van der Waals surface area contributed by atoms with Crippen LogP contribution in [0.3, 0.4) is 0 Å². The summed E-state index contributed by atoms with van der Waals surface area (Å²) in [5.41, 5.74) is 1.86. The number of carbonyl (C=O) groups is 1. The lowest BCUT2D eigenvalue weighted by molar-refractivity contribution is 0.0496. The summed E-state index contributed by atoms with van der Waals surface area (Å²) in [6.07, 6.45) is 2.04. The van der Waals surface area contributed by atoms with Crippen molar-refractivity contribution in [3.63, 3.8) is 0 Å². The second-order valence-corrected chi connectivity index (χ2v) is 7.01. The number of anilines is 1. The van der Waals surface area contributed by atoms with Crippen molar-refractivity contribution >= 4 is 34.7 Å². The minimum absolute atomic E-state index is 0.0700. The number of oxazole rings is 1. The van der Waals surface area contributed by atoms with Crippen LogP contribution in [0.1, 0.15) is 19.8 Å². The average Bonchev–Trinajstić information content (AvgIpc) is 2.82. The molecule has 1 spiro atoms. The lowest BCUT2D eigenvalue weighted by Gasteiger charge is -2.58. The first-order valence-corrected chi connectivity index (χ1v) is 8.30. The van der Waals surface area contributed by atoms with E-state index in [1.165, 1.54) is 0 Å². The maximum absolute atomic E-state index is 11.5. The van der Waals surface area contributed by atoms with Gasteiger partial charge in [0, 0.05) is 36.1 Å². The zero-order chi connectivity index (χ0) is 16.0. The highest BCUT2D eigenvalue weighted by atomic mass is 35.5. The summed E-state index contributed by atoms with van der Waals surface area (Å²) in [7, 11) is 0. The number of halogens is 1. The highest BCUT2D eigenvalue weighted by Crippen LogP contribution is 2.49. The zero-order valence-corrected chi connectivity index (χ0v) is 13.7. The van der Waals surface area contributed by atoms with E-state index < -0.39 is 0 Å². The molecule has 23 heavy (non-hydrogen) atoms. The molecular weight excluding hydrogens is 316 g/mol. The molecular formula is C16H19ClN4O2. The average molecular weight is 335 g/mol. The summed E-state index contributed by atoms with van der Waals surface area (Å²) < 4.78 is 5.79. The third kappa shape index (κ3) is 2.61. The Hall–Kier alpha value is -1.95. The normalized spacial score (nSPS) is 19.5. The number of urea groups is 1. The van der Waals surface area contributed by atoms with Crippen molar-refractivity contribution in [2.24, 2.45) is 5.41 Å². The first kappa shape index (κ1) is 14.6. The van der Waals surface area contributed by atoms with Gasteiger partial charge in [-0.15, -0.1) is 0 Å². The molecule has 1 aromatic carbocycles. The van der Waals surface area contributed by atoms with Crippen LogP contribution in [-0.4, -0.2) is 36.7 Å². The third-order valence-electron chi connectivity index (χ3n) is 4.69. The van der Waals surface area contributed by atoms with Gasteiger partial charge in [-0.05, 0) is 38.0 Å². The van der Waals surface area contributed by atoms with E-state index in [9.17, 15) is 4.79 Å². The molecule has 122 valence electrons. The van der Waals surface area contributed by atoms with Crippen LogP contribution >= 0.6 is 11.6 Å². The van der Waals surface area contributed by atoms with E-state index in [2.05, 4.69) is 20.5 Å². The number of aromatic nitrogens is 1. The molecule has 2 aromatic rings. The van der Waals surface area contributed by atoms with Gasteiger partial charge in [0.1, 0.15) is 5.52 Å². The maximum atomic E-state index is 11.5. The molecule has 0 atom stereocenters. The molecule has 1 aromatic heterocycles. The molecule has 2 aliphatic rings. The number of nitrogens with one attached hydrogen (secondary N) is 2. The number of benzene rings is 1. The fourth-order valence-corrected chi connectivity index (χ4v) is 3.83. The monoisotopic (exact) mass is 334 g/mol. The van der Waals surface area contributed by atoms with Crippen LogP contribution in [0, 0.1) is 5.41 Å². The van der Waals surface area contributed by atoms with Crippen LogP contribution in [0.25, 0.3) is 11.1 Å². The molecule has 2 amide bonds. The van der Waals surface area contributed by atoms with E-state index >= 15 is 0 Å². The fourth-order valence-electron chi connectivity index (χ4n) is 3.67. The van der Waals surface area contributed by atoms with E-state index in [1.54, 1.807) is 6.07 Å². The van der Waals surface area contributed by atoms with Crippen LogP contribution in [0.5, 0.6) is 0 Å². The lowest BCUT2D eigenvalue weighted by atomic mass is 9.61. The van der Waals surface area contributed by atoms with Crippen molar-refractivity contribution in [3.05, 3.63) is 23.2 Å². The largest absolute Gasteiger partial charge is 0.423 e. The molecule has 1 aliphatic heterocycles. The summed E-state index contributed by atoms with van der Waals surface area (Å²) in [4.78, 5) is 18.2. The first-order chi connectivity index (χ1) is 11.1. The Bertz CT molecular complexity index is 746. The minimum Gasteiger partial charge on any atom is -0.423 e. The number of carbonyl (C=O) groups excluding carboxylic acids is 1. The van der Waals surface area contributed by atoms with E-state index in [-0.39, 0.29) is 12.1 Å². The molecule has 1 saturated carbocycles. The highest BCUT2D eigenvalue weighted by Gasteiger charge is 2.53. The number of hydrogen-bond donors (Lipinski definition) is 2. The molecule has 1 aliphatic carbocycles. The molecule has 2 fully saturated rings. The van der Waals surface area contributed by atoms with Crippen molar-refractivity contribution in [2.75, 3.05) is 24.5 Å². The molecule has 0 radical (unpaired) electrons. The van der Waals surface area contributed by atoms with E-state index in [0.717, 1.165) is 37.0 Å². The predicted molar refractivity (Wildman–Crippen MR) is 88.9 cm³/mol. The zero-order valence-electron chi connectivity index (χ0n) is 12.9. The Morgan fingerprint density at radius 2 is 2.26 bits per heavy atom. The smallest absolute Gasteiger partial charge is 0.314 e. The van der Waals surface area contributed by atoms with Gasteiger partial charge < -0.3 is 20.0 Å². The molecule has 0 unspecified atom stereocenters. The van der Waals surface area contributed by atoms with Crippen molar-refractivity contribution in [1.29, 1.82) is 0 Å². The van der Waals surface area contributed by atoms with Crippen LogP contribution in [0.4, 0.5) is 10.8 Å². The van der Waals surface area contributed by atoms with Crippen LogP contribution < -0.4 is 15.5 Å². The van der Waals surface area contributed by atoms with Crippen LogP contribution in [0.2, 0.25) is 5.02 Å².